The number of halogens is 1. The van der Waals surface area contributed by atoms with Gasteiger partial charge in [-0.15, -0.1) is 11.3 Å². The second-order valence-electron chi connectivity index (χ2n) is 3.61. The molecule has 84 valence electrons. The molecular weight excluding hydrogens is 240 g/mol. The Labute approximate surface area is 104 Å². The Morgan fingerprint density at radius 3 is 2.50 bits per heavy atom. The molecule has 1 atom stereocenters. The predicted octanol–water partition coefficient (Wildman–Crippen LogP) is 3.26. The molecule has 0 bridgehead atoms. The van der Waals surface area contributed by atoms with E-state index in [1.165, 1.54) is 0 Å². The Morgan fingerprint density at radius 1 is 1.31 bits per heavy atom. The topological polar surface area (TPSA) is 38.0 Å². The van der Waals surface area contributed by atoms with Crippen molar-refractivity contribution in [2.45, 2.75) is 13.0 Å². The third-order valence-corrected chi connectivity index (χ3v) is 4.27. The minimum absolute atomic E-state index is 0.0348. The summed E-state index contributed by atoms with van der Waals surface area (Å²) in [5.41, 5.74) is 5.03. The fourth-order valence-corrected chi connectivity index (χ4v) is 3.00. The molecular formula is C12H13ClN2S. The third-order valence-electron chi connectivity index (χ3n) is 2.49. The molecule has 1 heterocycles. The van der Waals surface area contributed by atoms with Crippen LogP contribution in [0.2, 0.25) is 5.02 Å². The summed E-state index contributed by atoms with van der Waals surface area (Å²) < 4.78 is 0. The zero-order valence-corrected chi connectivity index (χ0v) is 10.5. The molecule has 1 aromatic carbocycles. The van der Waals surface area contributed by atoms with Gasteiger partial charge in [0.2, 0.25) is 0 Å². The molecule has 2 aromatic rings. The molecule has 0 amide bonds. The summed E-state index contributed by atoms with van der Waals surface area (Å²) in [6, 6.07) is 10.0. The Balaban J connectivity index is 2.41. The van der Waals surface area contributed by atoms with Crippen molar-refractivity contribution in [2.24, 2.45) is 5.84 Å². The molecule has 2 nitrogen and oxygen atoms in total. The number of aryl methyl sites for hydroxylation is 1. The lowest BCUT2D eigenvalue weighted by molar-refractivity contribution is 0.646. The van der Waals surface area contributed by atoms with Crippen molar-refractivity contribution < 1.29 is 0 Å². The van der Waals surface area contributed by atoms with E-state index in [-0.39, 0.29) is 6.04 Å². The average molecular weight is 253 g/mol. The number of hydrogen-bond donors (Lipinski definition) is 2. The smallest absolute Gasteiger partial charge is 0.0817 e. The zero-order valence-electron chi connectivity index (χ0n) is 8.91. The number of benzene rings is 1. The Kier molecular flexibility index (Phi) is 3.61. The number of rotatable bonds is 3. The molecule has 0 aliphatic carbocycles. The third kappa shape index (κ3) is 2.13. The van der Waals surface area contributed by atoms with Crippen molar-refractivity contribution in [2.75, 3.05) is 0 Å². The Hall–Kier alpha value is -0.870. The molecule has 0 radical (unpaired) electrons. The number of hydrazine groups is 1. The minimum atomic E-state index is -0.0348. The monoisotopic (exact) mass is 252 g/mol. The first-order valence-electron chi connectivity index (χ1n) is 4.98. The molecule has 16 heavy (non-hydrogen) atoms. The number of thiophene rings is 1. The lowest BCUT2D eigenvalue weighted by Gasteiger charge is -2.15. The highest BCUT2D eigenvalue weighted by Crippen LogP contribution is 2.35. The van der Waals surface area contributed by atoms with E-state index in [4.69, 9.17) is 17.4 Å². The first-order chi connectivity index (χ1) is 7.74. The van der Waals surface area contributed by atoms with Crippen LogP contribution in [-0.4, -0.2) is 0 Å². The largest absolute Gasteiger partial charge is 0.271 e. The molecule has 0 spiro atoms. The zero-order chi connectivity index (χ0) is 11.5. The maximum atomic E-state index is 6.25. The first kappa shape index (κ1) is 11.6. The maximum Gasteiger partial charge on any atom is 0.0817 e. The summed E-state index contributed by atoms with van der Waals surface area (Å²) in [5.74, 6) is 5.61. The second kappa shape index (κ2) is 4.97. The normalized spacial score (nSPS) is 12.7. The fourth-order valence-electron chi connectivity index (χ4n) is 1.61. The van der Waals surface area contributed by atoms with Gasteiger partial charge in [-0.2, -0.15) is 0 Å². The van der Waals surface area contributed by atoms with Crippen LogP contribution in [0.4, 0.5) is 0 Å². The van der Waals surface area contributed by atoms with Gasteiger partial charge in [-0.25, -0.2) is 5.43 Å². The Morgan fingerprint density at radius 2 is 2.00 bits per heavy atom. The van der Waals surface area contributed by atoms with Gasteiger partial charge in [0, 0.05) is 4.88 Å². The molecule has 2 rings (SSSR count). The lowest BCUT2D eigenvalue weighted by Crippen LogP contribution is -2.28. The summed E-state index contributed by atoms with van der Waals surface area (Å²) in [7, 11) is 0. The van der Waals surface area contributed by atoms with E-state index in [2.05, 4.69) is 5.43 Å². The highest BCUT2D eigenvalue weighted by molar-refractivity contribution is 7.10. The van der Waals surface area contributed by atoms with Gasteiger partial charge in [0.05, 0.1) is 11.1 Å². The molecule has 1 aromatic heterocycles. The van der Waals surface area contributed by atoms with E-state index < -0.39 is 0 Å². The van der Waals surface area contributed by atoms with Crippen molar-refractivity contribution in [3.8, 4) is 0 Å². The van der Waals surface area contributed by atoms with Gasteiger partial charge in [0.15, 0.2) is 0 Å². The average Bonchev–Trinajstić information content (AvgIpc) is 2.64. The van der Waals surface area contributed by atoms with Crippen molar-refractivity contribution in [3.63, 3.8) is 0 Å². The highest BCUT2D eigenvalue weighted by Gasteiger charge is 2.18. The Bertz CT molecular complexity index is 467. The summed E-state index contributed by atoms with van der Waals surface area (Å²) in [4.78, 5) is 1.06. The van der Waals surface area contributed by atoms with Crippen LogP contribution >= 0.6 is 22.9 Å². The number of nitrogens with one attached hydrogen (secondary N) is 1. The van der Waals surface area contributed by atoms with Crippen LogP contribution < -0.4 is 11.3 Å². The first-order valence-corrected chi connectivity index (χ1v) is 6.24. The van der Waals surface area contributed by atoms with Gasteiger partial charge in [-0.05, 0) is 23.4 Å². The van der Waals surface area contributed by atoms with E-state index >= 15 is 0 Å². The minimum Gasteiger partial charge on any atom is -0.271 e. The summed E-state index contributed by atoms with van der Waals surface area (Å²) >= 11 is 7.88. The van der Waals surface area contributed by atoms with Crippen LogP contribution in [0.3, 0.4) is 0 Å². The van der Waals surface area contributed by atoms with Crippen LogP contribution in [0.15, 0.2) is 35.7 Å². The van der Waals surface area contributed by atoms with Gasteiger partial charge in [-0.3, -0.25) is 5.84 Å². The molecule has 0 saturated heterocycles. The quantitative estimate of drug-likeness (QED) is 0.650. The van der Waals surface area contributed by atoms with Gasteiger partial charge in [0.25, 0.3) is 0 Å². The van der Waals surface area contributed by atoms with E-state index in [1.54, 1.807) is 11.3 Å². The van der Waals surface area contributed by atoms with Gasteiger partial charge in [0.1, 0.15) is 0 Å². The molecule has 0 aliphatic heterocycles. The number of nitrogens with two attached hydrogens (primary N) is 1. The molecule has 4 heteroatoms. The molecule has 0 saturated carbocycles. The van der Waals surface area contributed by atoms with E-state index in [9.17, 15) is 0 Å². The van der Waals surface area contributed by atoms with Crippen LogP contribution in [0.1, 0.15) is 22.0 Å². The van der Waals surface area contributed by atoms with Gasteiger partial charge < -0.3 is 0 Å². The standard InChI is InChI=1S/C12H13ClN2S/c1-8-7-16-12(10(8)13)11(15-14)9-5-3-2-4-6-9/h2-7,11,15H,14H2,1H3. The van der Waals surface area contributed by atoms with Crippen molar-refractivity contribution in [1.82, 2.24) is 5.43 Å². The summed E-state index contributed by atoms with van der Waals surface area (Å²) in [6.07, 6.45) is 0. The molecule has 3 N–H and O–H groups in total. The highest BCUT2D eigenvalue weighted by atomic mass is 35.5. The SMILES string of the molecule is Cc1csc(C(NN)c2ccccc2)c1Cl. The van der Waals surface area contributed by atoms with Crippen molar-refractivity contribution in [3.05, 3.63) is 56.7 Å². The molecule has 0 aliphatic rings. The number of hydrogen-bond acceptors (Lipinski definition) is 3. The fraction of sp³-hybridized carbons (Fsp3) is 0.167. The second-order valence-corrected chi connectivity index (χ2v) is 4.90. The van der Waals surface area contributed by atoms with Crippen LogP contribution in [0, 0.1) is 6.92 Å². The van der Waals surface area contributed by atoms with Crippen LogP contribution in [-0.2, 0) is 0 Å². The van der Waals surface area contributed by atoms with Gasteiger partial charge >= 0.3 is 0 Å². The van der Waals surface area contributed by atoms with Gasteiger partial charge in [-0.1, -0.05) is 41.9 Å². The van der Waals surface area contributed by atoms with E-state index in [0.717, 1.165) is 21.0 Å². The maximum absolute atomic E-state index is 6.25. The van der Waals surface area contributed by atoms with Crippen LogP contribution in [0.5, 0.6) is 0 Å². The van der Waals surface area contributed by atoms with Crippen molar-refractivity contribution >= 4 is 22.9 Å². The summed E-state index contributed by atoms with van der Waals surface area (Å²) in [6.45, 7) is 2.00. The lowest BCUT2D eigenvalue weighted by atomic mass is 10.1. The summed E-state index contributed by atoms with van der Waals surface area (Å²) in [5, 5.41) is 2.85. The predicted molar refractivity (Wildman–Crippen MR) is 69.7 cm³/mol. The molecule has 0 fully saturated rings. The van der Waals surface area contributed by atoms with E-state index in [0.29, 0.717) is 0 Å². The van der Waals surface area contributed by atoms with Crippen molar-refractivity contribution in [1.29, 1.82) is 0 Å². The van der Waals surface area contributed by atoms with Crippen LogP contribution in [0.25, 0.3) is 0 Å². The molecule has 1 unspecified atom stereocenters. The van der Waals surface area contributed by atoms with E-state index in [1.807, 2.05) is 42.6 Å².